The molecule has 1 aromatic rings. The van der Waals surface area contributed by atoms with E-state index in [9.17, 15) is 4.79 Å². The molecule has 0 N–H and O–H groups in total. The maximum atomic E-state index is 12.3. The van der Waals surface area contributed by atoms with Crippen molar-refractivity contribution in [1.82, 2.24) is 15.0 Å². The van der Waals surface area contributed by atoms with E-state index in [1.165, 1.54) is 19.1 Å². The van der Waals surface area contributed by atoms with Gasteiger partial charge in [-0.2, -0.15) is 0 Å². The van der Waals surface area contributed by atoms with Crippen molar-refractivity contribution in [3.8, 4) is 0 Å². The van der Waals surface area contributed by atoms with Gasteiger partial charge in [-0.1, -0.05) is 5.16 Å². The van der Waals surface area contributed by atoms with Crippen molar-refractivity contribution in [1.29, 1.82) is 0 Å². The summed E-state index contributed by atoms with van der Waals surface area (Å²) < 4.78 is 4.76. The Bertz CT molecular complexity index is 457. The van der Waals surface area contributed by atoms with Crippen molar-refractivity contribution in [3.63, 3.8) is 0 Å². The predicted octanol–water partition coefficient (Wildman–Crippen LogP) is 1.87. The smallest absolute Gasteiger partial charge is 0.276 e. The summed E-state index contributed by atoms with van der Waals surface area (Å²) in [6, 6.07) is 2.72. The van der Waals surface area contributed by atoms with Gasteiger partial charge < -0.3 is 14.3 Å². The first kappa shape index (κ1) is 13.6. The summed E-state index contributed by atoms with van der Waals surface area (Å²) >= 11 is 0. The van der Waals surface area contributed by atoms with E-state index in [2.05, 4.69) is 24.2 Å². The maximum absolute atomic E-state index is 12.3. The van der Waals surface area contributed by atoms with Crippen LogP contribution in [0.5, 0.6) is 0 Å². The van der Waals surface area contributed by atoms with Crippen LogP contribution in [-0.4, -0.2) is 54.1 Å². The van der Waals surface area contributed by atoms with Gasteiger partial charge in [0.05, 0.1) is 0 Å². The van der Waals surface area contributed by atoms with Gasteiger partial charge in [-0.25, -0.2) is 0 Å². The highest BCUT2D eigenvalue weighted by Gasteiger charge is 2.44. The van der Waals surface area contributed by atoms with Crippen molar-refractivity contribution < 1.29 is 9.32 Å². The summed E-state index contributed by atoms with van der Waals surface area (Å²) in [5, 5.41) is 3.74. The Kier molecular flexibility index (Phi) is 3.54. The molecular weight excluding hydrogens is 254 g/mol. The fraction of sp³-hybridized carbons (Fsp3) is 0.733. The molecule has 3 rings (SSSR count). The van der Waals surface area contributed by atoms with Crippen LogP contribution >= 0.6 is 0 Å². The van der Waals surface area contributed by atoms with Crippen molar-refractivity contribution >= 4 is 5.91 Å². The third-order valence-electron chi connectivity index (χ3n) is 5.22. The molecule has 5 nitrogen and oxygen atoms in total. The monoisotopic (exact) mass is 277 g/mol. The van der Waals surface area contributed by atoms with Crippen molar-refractivity contribution in [3.05, 3.63) is 18.0 Å². The number of hydrogen-bond donors (Lipinski definition) is 0. The number of amides is 1. The maximum Gasteiger partial charge on any atom is 0.276 e. The zero-order valence-corrected chi connectivity index (χ0v) is 12.5. The van der Waals surface area contributed by atoms with Gasteiger partial charge in [0.2, 0.25) is 0 Å². The predicted molar refractivity (Wildman–Crippen MR) is 75.3 cm³/mol. The third kappa shape index (κ3) is 2.35. The van der Waals surface area contributed by atoms with E-state index in [1.807, 2.05) is 11.9 Å². The molecule has 0 spiro atoms. The lowest BCUT2D eigenvalue weighted by Crippen LogP contribution is -2.36. The third-order valence-corrected chi connectivity index (χ3v) is 5.22. The SMILES string of the molecule is CN(C)C1C[C@@H]2CC(N(C)C(=O)c3ccon3)C[C@@H]2C1. The highest BCUT2D eigenvalue weighted by molar-refractivity contribution is 5.92. The second kappa shape index (κ2) is 5.20. The van der Waals surface area contributed by atoms with E-state index in [-0.39, 0.29) is 5.91 Å². The Morgan fingerprint density at radius 1 is 1.15 bits per heavy atom. The summed E-state index contributed by atoms with van der Waals surface area (Å²) in [5.74, 6) is 1.54. The van der Waals surface area contributed by atoms with Crippen molar-refractivity contribution in [2.75, 3.05) is 21.1 Å². The lowest BCUT2D eigenvalue weighted by molar-refractivity contribution is 0.0716. The second-order valence-corrected chi connectivity index (χ2v) is 6.53. The van der Waals surface area contributed by atoms with Gasteiger partial charge in [0.15, 0.2) is 5.69 Å². The van der Waals surface area contributed by atoms with E-state index >= 15 is 0 Å². The van der Waals surface area contributed by atoms with Crippen LogP contribution in [0.25, 0.3) is 0 Å². The highest BCUT2D eigenvalue weighted by atomic mass is 16.5. The number of carbonyl (C=O) groups excluding carboxylic acids is 1. The zero-order chi connectivity index (χ0) is 14.3. The minimum atomic E-state index is -0.0205. The molecule has 2 aliphatic carbocycles. The molecule has 0 aromatic carbocycles. The Morgan fingerprint density at radius 2 is 1.75 bits per heavy atom. The van der Waals surface area contributed by atoms with Gasteiger partial charge in [-0.05, 0) is 51.6 Å². The van der Waals surface area contributed by atoms with Crippen LogP contribution in [0.2, 0.25) is 0 Å². The average molecular weight is 277 g/mol. The van der Waals surface area contributed by atoms with Crippen LogP contribution in [0.4, 0.5) is 0 Å². The summed E-state index contributed by atoms with van der Waals surface area (Å²) in [4.78, 5) is 16.5. The molecule has 0 aliphatic heterocycles. The van der Waals surface area contributed by atoms with Crippen LogP contribution in [0.1, 0.15) is 36.2 Å². The molecule has 0 radical (unpaired) electrons. The molecule has 2 aliphatic rings. The fourth-order valence-electron chi connectivity index (χ4n) is 3.96. The van der Waals surface area contributed by atoms with Gasteiger partial charge in [-0.15, -0.1) is 0 Å². The van der Waals surface area contributed by atoms with Gasteiger partial charge >= 0.3 is 0 Å². The van der Waals surface area contributed by atoms with Crippen LogP contribution in [0, 0.1) is 11.8 Å². The van der Waals surface area contributed by atoms with E-state index in [1.54, 1.807) is 6.07 Å². The van der Waals surface area contributed by atoms with E-state index in [4.69, 9.17) is 4.52 Å². The number of hydrogen-bond acceptors (Lipinski definition) is 4. The first-order chi connectivity index (χ1) is 9.56. The standard InChI is InChI=1S/C15H23N3O2/c1-17(2)12-6-10-8-13(9-11(10)7-12)18(3)15(19)14-4-5-20-16-14/h4-5,10-13H,6-9H2,1-3H3/t10-,11+,12?,13?. The minimum absolute atomic E-state index is 0.0205. The van der Waals surface area contributed by atoms with Crippen LogP contribution in [-0.2, 0) is 0 Å². The van der Waals surface area contributed by atoms with Gasteiger partial charge in [0, 0.05) is 25.2 Å². The fourth-order valence-corrected chi connectivity index (χ4v) is 3.96. The normalized spacial score (nSPS) is 32.6. The molecule has 20 heavy (non-hydrogen) atoms. The molecule has 1 heterocycles. The average Bonchev–Trinajstić information content (AvgIpc) is 3.11. The van der Waals surface area contributed by atoms with Gasteiger partial charge in [0.25, 0.3) is 5.91 Å². The van der Waals surface area contributed by atoms with Crippen LogP contribution < -0.4 is 0 Å². The molecule has 0 bridgehead atoms. The summed E-state index contributed by atoms with van der Waals surface area (Å²) in [6.07, 6.45) is 6.27. The molecule has 0 saturated heterocycles. The Balaban J connectivity index is 1.61. The quantitative estimate of drug-likeness (QED) is 0.846. The van der Waals surface area contributed by atoms with E-state index in [0.717, 1.165) is 30.7 Å². The second-order valence-electron chi connectivity index (χ2n) is 6.53. The molecule has 5 heteroatoms. The van der Waals surface area contributed by atoms with Crippen LogP contribution in [0.3, 0.4) is 0 Å². The number of nitrogens with zero attached hydrogens (tertiary/aromatic N) is 3. The molecule has 1 amide bonds. The largest absolute Gasteiger partial charge is 0.364 e. The van der Waals surface area contributed by atoms with Gasteiger partial charge in [0.1, 0.15) is 6.26 Å². The first-order valence-corrected chi connectivity index (χ1v) is 7.40. The Hall–Kier alpha value is -1.36. The van der Waals surface area contributed by atoms with Crippen LogP contribution in [0.15, 0.2) is 16.9 Å². The Labute approximate surface area is 119 Å². The topological polar surface area (TPSA) is 49.6 Å². The molecule has 2 fully saturated rings. The summed E-state index contributed by atoms with van der Waals surface area (Å²) in [5.41, 5.74) is 0.413. The Morgan fingerprint density at radius 3 is 2.25 bits per heavy atom. The molecule has 2 saturated carbocycles. The highest BCUT2D eigenvalue weighted by Crippen LogP contribution is 2.46. The molecule has 1 aromatic heterocycles. The number of aromatic nitrogens is 1. The molecule has 2 unspecified atom stereocenters. The van der Waals surface area contributed by atoms with Crippen molar-refractivity contribution in [2.45, 2.75) is 37.8 Å². The van der Waals surface area contributed by atoms with E-state index in [0.29, 0.717) is 11.7 Å². The minimum Gasteiger partial charge on any atom is -0.364 e. The van der Waals surface area contributed by atoms with E-state index < -0.39 is 0 Å². The molecule has 110 valence electrons. The number of rotatable bonds is 3. The number of fused-ring (bicyclic) bond motifs is 1. The van der Waals surface area contributed by atoms with Crippen molar-refractivity contribution in [2.24, 2.45) is 11.8 Å². The summed E-state index contributed by atoms with van der Waals surface area (Å²) in [7, 11) is 6.24. The summed E-state index contributed by atoms with van der Waals surface area (Å²) in [6.45, 7) is 0. The van der Waals surface area contributed by atoms with Gasteiger partial charge in [-0.3, -0.25) is 4.79 Å². The molecule has 4 atom stereocenters. The lowest BCUT2D eigenvalue weighted by Gasteiger charge is -2.26. The first-order valence-electron chi connectivity index (χ1n) is 7.40. The zero-order valence-electron chi connectivity index (χ0n) is 12.5. The lowest BCUT2D eigenvalue weighted by atomic mass is 10.0. The number of carbonyl (C=O) groups is 1. The molecular formula is C15H23N3O2.